The molecule has 2 atom stereocenters. The van der Waals surface area contributed by atoms with E-state index in [2.05, 4.69) is 4.98 Å². The van der Waals surface area contributed by atoms with Gasteiger partial charge >= 0.3 is 0 Å². The SMILES string of the molecule is COc1ccc(C2(O)CC3CCC(C2)S3)nc1. The van der Waals surface area contributed by atoms with E-state index in [1.54, 1.807) is 13.3 Å². The monoisotopic (exact) mass is 251 g/mol. The minimum Gasteiger partial charge on any atom is -0.495 e. The van der Waals surface area contributed by atoms with Crippen LogP contribution >= 0.6 is 11.8 Å². The van der Waals surface area contributed by atoms with Gasteiger partial charge in [-0.15, -0.1) is 0 Å². The van der Waals surface area contributed by atoms with E-state index in [0.717, 1.165) is 24.3 Å². The van der Waals surface area contributed by atoms with E-state index >= 15 is 0 Å². The van der Waals surface area contributed by atoms with E-state index < -0.39 is 5.60 Å². The Hall–Kier alpha value is -0.740. The zero-order valence-corrected chi connectivity index (χ0v) is 10.7. The smallest absolute Gasteiger partial charge is 0.137 e. The quantitative estimate of drug-likeness (QED) is 0.876. The summed E-state index contributed by atoms with van der Waals surface area (Å²) in [4.78, 5) is 4.36. The largest absolute Gasteiger partial charge is 0.495 e. The van der Waals surface area contributed by atoms with Crippen molar-refractivity contribution >= 4 is 11.8 Å². The molecule has 2 aliphatic rings. The molecule has 0 aromatic carbocycles. The summed E-state index contributed by atoms with van der Waals surface area (Å²) < 4.78 is 5.10. The zero-order valence-electron chi connectivity index (χ0n) is 9.93. The number of rotatable bonds is 2. The molecule has 92 valence electrons. The first kappa shape index (κ1) is 11.4. The summed E-state index contributed by atoms with van der Waals surface area (Å²) in [5.74, 6) is 0.741. The molecule has 1 aromatic heterocycles. The number of hydrogen-bond donors (Lipinski definition) is 1. The Morgan fingerprint density at radius 2 is 2.06 bits per heavy atom. The number of nitrogens with zero attached hydrogens (tertiary/aromatic N) is 1. The maximum absolute atomic E-state index is 10.8. The van der Waals surface area contributed by atoms with E-state index in [1.807, 2.05) is 23.9 Å². The van der Waals surface area contributed by atoms with Gasteiger partial charge in [0.15, 0.2) is 0 Å². The topological polar surface area (TPSA) is 42.4 Å². The number of hydrogen-bond acceptors (Lipinski definition) is 4. The van der Waals surface area contributed by atoms with Crippen molar-refractivity contribution in [3.8, 4) is 5.75 Å². The number of aromatic nitrogens is 1. The molecule has 17 heavy (non-hydrogen) atoms. The highest BCUT2D eigenvalue weighted by Crippen LogP contribution is 2.50. The summed E-state index contributed by atoms with van der Waals surface area (Å²) in [7, 11) is 1.63. The number of thioether (sulfide) groups is 1. The van der Waals surface area contributed by atoms with Gasteiger partial charge in [0.2, 0.25) is 0 Å². The molecule has 2 unspecified atom stereocenters. The molecule has 0 amide bonds. The van der Waals surface area contributed by atoms with Crippen molar-refractivity contribution in [1.82, 2.24) is 4.98 Å². The maximum atomic E-state index is 10.8. The van der Waals surface area contributed by atoms with Crippen molar-refractivity contribution < 1.29 is 9.84 Å². The molecule has 2 fully saturated rings. The predicted molar refractivity (Wildman–Crippen MR) is 68.3 cm³/mol. The highest BCUT2D eigenvalue weighted by Gasteiger charge is 2.45. The molecular formula is C13H17NO2S. The number of fused-ring (bicyclic) bond motifs is 2. The van der Waals surface area contributed by atoms with Gasteiger partial charge in [-0.05, 0) is 37.8 Å². The minimum absolute atomic E-state index is 0.614. The number of ether oxygens (including phenoxy) is 1. The Morgan fingerprint density at radius 3 is 2.59 bits per heavy atom. The first-order valence-electron chi connectivity index (χ1n) is 6.08. The molecule has 0 saturated carbocycles. The van der Waals surface area contributed by atoms with E-state index in [0.29, 0.717) is 10.5 Å². The molecule has 2 aliphatic heterocycles. The van der Waals surface area contributed by atoms with Gasteiger partial charge < -0.3 is 9.84 Å². The van der Waals surface area contributed by atoms with Gasteiger partial charge in [0, 0.05) is 10.5 Å². The Morgan fingerprint density at radius 1 is 1.35 bits per heavy atom. The molecule has 4 heteroatoms. The molecule has 2 saturated heterocycles. The van der Waals surface area contributed by atoms with Gasteiger partial charge in [-0.2, -0.15) is 11.8 Å². The Labute approximate surface area is 106 Å². The molecule has 0 spiro atoms. The zero-order chi connectivity index (χ0) is 11.9. The van der Waals surface area contributed by atoms with E-state index in [1.165, 1.54) is 12.8 Å². The number of pyridine rings is 1. The van der Waals surface area contributed by atoms with Crippen LogP contribution in [0, 0.1) is 0 Å². The molecule has 2 bridgehead atoms. The second kappa shape index (κ2) is 4.18. The molecule has 0 aliphatic carbocycles. The van der Waals surface area contributed by atoms with E-state index in [9.17, 15) is 5.11 Å². The summed E-state index contributed by atoms with van der Waals surface area (Å²) in [6.07, 6.45) is 5.86. The van der Waals surface area contributed by atoms with Crippen LogP contribution in [0.3, 0.4) is 0 Å². The van der Waals surface area contributed by atoms with Gasteiger partial charge in [0.25, 0.3) is 0 Å². The minimum atomic E-state index is -0.719. The van der Waals surface area contributed by atoms with Crippen LogP contribution in [-0.2, 0) is 5.60 Å². The van der Waals surface area contributed by atoms with Crippen LogP contribution in [0.1, 0.15) is 31.4 Å². The van der Waals surface area contributed by atoms with E-state index in [-0.39, 0.29) is 0 Å². The van der Waals surface area contributed by atoms with Gasteiger partial charge in [-0.3, -0.25) is 4.98 Å². The molecule has 3 rings (SSSR count). The Kier molecular flexibility index (Phi) is 2.79. The highest BCUT2D eigenvalue weighted by molar-refractivity contribution is 8.00. The first-order chi connectivity index (χ1) is 8.19. The van der Waals surface area contributed by atoms with Crippen molar-refractivity contribution in [2.75, 3.05) is 7.11 Å². The number of aliphatic hydroxyl groups is 1. The molecule has 3 nitrogen and oxygen atoms in total. The summed E-state index contributed by atoms with van der Waals surface area (Å²) in [5.41, 5.74) is 0.0825. The second-order valence-corrected chi connectivity index (χ2v) is 6.59. The molecule has 1 N–H and O–H groups in total. The van der Waals surface area contributed by atoms with Crippen molar-refractivity contribution in [3.63, 3.8) is 0 Å². The van der Waals surface area contributed by atoms with Crippen LogP contribution in [-0.4, -0.2) is 27.7 Å². The summed E-state index contributed by atoms with van der Waals surface area (Å²) in [6, 6.07) is 3.78. The Bertz CT molecular complexity index is 394. The third kappa shape index (κ3) is 2.04. The average molecular weight is 251 g/mol. The van der Waals surface area contributed by atoms with Crippen LogP contribution < -0.4 is 4.74 Å². The van der Waals surface area contributed by atoms with Crippen LogP contribution in [0.25, 0.3) is 0 Å². The fourth-order valence-corrected chi connectivity index (χ4v) is 4.74. The van der Waals surface area contributed by atoms with Crippen LogP contribution in [0.4, 0.5) is 0 Å². The first-order valence-corrected chi connectivity index (χ1v) is 7.02. The molecular weight excluding hydrogens is 234 g/mol. The van der Waals surface area contributed by atoms with Gasteiger partial charge in [-0.25, -0.2) is 0 Å². The molecule has 3 heterocycles. The van der Waals surface area contributed by atoms with E-state index in [4.69, 9.17) is 4.74 Å². The summed E-state index contributed by atoms with van der Waals surface area (Å²) in [6.45, 7) is 0. The summed E-state index contributed by atoms with van der Waals surface area (Å²) >= 11 is 2.04. The second-order valence-electron chi connectivity index (χ2n) is 4.98. The van der Waals surface area contributed by atoms with Crippen molar-refractivity contribution in [2.24, 2.45) is 0 Å². The van der Waals surface area contributed by atoms with Crippen molar-refractivity contribution in [3.05, 3.63) is 24.0 Å². The van der Waals surface area contributed by atoms with Gasteiger partial charge in [-0.1, -0.05) is 0 Å². The average Bonchev–Trinajstić information content (AvgIpc) is 2.69. The van der Waals surface area contributed by atoms with Gasteiger partial charge in [0.1, 0.15) is 11.4 Å². The third-order valence-corrected chi connectivity index (χ3v) is 5.35. The van der Waals surface area contributed by atoms with Crippen LogP contribution in [0.2, 0.25) is 0 Å². The lowest BCUT2D eigenvalue weighted by Gasteiger charge is -2.35. The fraction of sp³-hybridized carbons (Fsp3) is 0.615. The number of methoxy groups -OCH3 is 1. The van der Waals surface area contributed by atoms with Gasteiger partial charge in [0.05, 0.1) is 19.0 Å². The van der Waals surface area contributed by atoms with Crippen molar-refractivity contribution in [2.45, 2.75) is 41.8 Å². The predicted octanol–water partition coefficient (Wildman–Crippen LogP) is 2.34. The van der Waals surface area contributed by atoms with Crippen LogP contribution in [0.15, 0.2) is 18.3 Å². The maximum Gasteiger partial charge on any atom is 0.137 e. The molecule has 0 radical (unpaired) electrons. The normalized spacial score (nSPS) is 35.9. The lowest BCUT2D eigenvalue weighted by Crippen LogP contribution is -2.35. The lowest BCUT2D eigenvalue weighted by molar-refractivity contribution is 0.0153. The molecule has 1 aromatic rings. The highest BCUT2D eigenvalue weighted by atomic mass is 32.2. The fourth-order valence-electron chi connectivity index (χ4n) is 2.90. The summed E-state index contributed by atoms with van der Waals surface area (Å²) in [5, 5.41) is 12.0. The standard InChI is InChI=1S/C13H17NO2S/c1-16-9-2-5-12(14-8-9)13(15)6-10-3-4-11(7-13)17-10/h2,5,8,10-11,15H,3-4,6-7H2,1H3. The Balaban J connectivity index is 1.86. The third-order valence-electron chi connectivity index (χ3n) is 3.78. The lowest BCUT2D eigenvalue weighted by atomic mass is 9.89. The van der Waals surface area contributed by atoms with Crippen molar-refractivity contribution in [1.29, 1.82) is 0 Å². The van der Waals surface area contributed by atoms with Crippen LogP contribution in [0.5, 0.6) is 5.75 Å².